The van der Waals surface area contributed by atoms with Gasteiger partial charge < -0.3 is 0 Å². The Morgan fingerprint density at radius 2 is 0.922 bits per heavy atom. The maximum absolute atomic E-state index is 5.37. The Kier molecular flexibility index (Phi) is 9.06. The highest BCUT2D eigenvalue weighted by molar-refractivity contribution is 7.25. The lowest BCUT2D eigenvalue weighted by atomic mass is 9.81. The van der Waals surface area contributed by atoms with Gasteiger partial charge in [-0.3, -0.25) is 0 Å². The van der Waals surface area contributed by atoms with Gasteiger partial charge in [-0.05, 0) is 115 Å². The van der Waals surface area contributed by atoms with Gasteiger partial charge in [0, 0.05) is 42.3 Å². The molecule has 0 saturated carbocycles. The van der Waals surface area contributed by atoms with Gasteiger partial charge in [0.25, 0.3) is 0 Å². The summed E-state index contributed by atoms with van der Waals surface area (Å²) in [6.45, 7) is 4.73. The molecule has 1 aliphatic carbocycles. The molecule has 12 rings (SSSR count). The van der Waals surface area contributed by atoms with Gasteiger partial charge in [-0.1, -0.05) is 184 Å². The molecule has 0 aliphatic heterocycles. The molecule has 0 spiro atoms. The summed E-state index contributed by atoms with van der Waals surface area (Å²) < 4.78 is 2.60. The SMILES string of the molecule is CC1(C)c2cc(-c3ccccc3-c3cc(-c4cc(-c5ccccc5)cc(-c5ccc6sc7ccccc7c6c5)c4)nc(-c4ccccc4)n3)ccc2-c2c(-c3ccccc3)cccc21. The Balaban J connectivity index is 1.03. The van der Waals surface area contributed by atoms with Crippen LogP contribution < -0.4 is 0 Å². The molecule has 64 heavy (non-hydrogen) atoms. The Hall–Kier alpha value is -7.72. The van der Waals surface area contributed by atoms with E-state index in [1.807, 2.05) is 17.4 Å². The quantitative estimate of drug-likeness (QED) is 0.160. The fourth-order valence-electron chi connectivity index (χ4n) is 9.87. The number of rotatable bonds is 7. The molecule has 3 heteroatoms. The number of thiophene rings is 1. The number of hydrogen-bond acceptors (Lipinski definition) is 3. The van der Waals surface area contributed by atoms with E-state index >= 15 is 0 Å². The summed E-state index contributed by atoms with van der Waals surface area (Å²) in [6, 6.07) is 79.1. The minimum Gasteiger partial charge on any atom is -0.228 e. The van der Waals surface area contributed by atoms with E-state index < -0.39 is 0 Å². The molecule has 2 heterocycles. The third-order valence-electron chi connectivity index (χ3n) is 13.1. The number of nitrogens with zero attached hydrogens (tertiary/aromatic N) is 2. The molecule has 2 nitrogen and oxygen atoms in total. The van der Waals surface area contributed by atoms with Crippen molar-refractivity contribution in [1.29, 1.82) is 0 Å². The van der Waals surface area contributed by atoms with Gasteiger partial charge in [0.2, 0.25) is 0 Å². The summed E-state index contributed by atoms with van der Waals surface area (Å²) >= 11 is 1.85. The van der Waals surface area contributed by atoms with E-state index in [1.165, 1.54) is 64.7 Å². The van der Waals surface area contributed by atoms with Crippen LogP contribution in [0.15, 0.2) is 218 Å². The van der Waals surface area contributed by atoms with Gasteiger partial charge in [0.15, 0.2) is 5.82 Å². The summed E-state index contributed by atoms with van der Waals surface area (Å²) in [7, 11) is 0. The maximum atomic E-state index is 5.37. The largest absolute Gasteiger partial charge is 0.228 e. The first-order chi connectivity index (χ1) is 31.5. The number of benzene rings is 9. The zero-order valence-electron chi connectivity index (χ0n) is 35.6. The molecule has 0 bridgehead atoms. The van der Waals surface area contributed by atoms with Crippen molar-refractivity contribution < 1.29 is 0 Å². The second kappa shape index (κ2) is 15.3. The molecule has 0 fully saturated rings. The summed E-state index contributed by atoms with van der Waals surface area (Å²) in [4.78, 5) is 10.7. The van der Waals surface area contributed by atoms with E-state index in [0.717, 1.165) is 50.3 Å². The van der Waals surface area contributed by atoms with Crippen LogP contribution in [0.2, 0.25) is 0 Å². The average Bonchev–Trinajstić information content (AvgIpc) is 3.85. The highest BCUT2D eigenvalue weighted by Crippen LogP contribution is 2.53. The van der Waals surface area contributed by atoms with Crippen molar-refractivity contribution in [2.75, 3.05) is 0 Å². The first-order valence-electron chi connectivity index (χ1n) is 22.0. The van der Waals surface area contributed by atoms with E-state index in [9.17, 15) is 0 Å². The molecule has 0 atom stereocenters. The van der Waals surface area contributed by atoms with Crippen LogP contribution in [-0.4, -0.2) is 9.97 Å². The van der Waals surface area contributed by atoms with Crippen molar-refractivity contribution in [3.8, 4) is 89.5 Å². The van der Waals surface area contributed by atoms with Crippen LogP contribution in [0.3, 0.4) is 0 Å². The highest BCUT2D eigenvalue weighted by atomic mass is 32.1. The van der Waals surface area contributed by atoms with Gasteiger partial charge in [-0.25, -0.2) is 9.97 Å². The Morgan fingerprint density at radius 1 is 0.328 bits per heavy atom. The summed E-state index contributed by atoms with van der Waals surface area (Å²) in [6.07, 6.45) is 0. The lowest BCUT2D eigenvalue weighted by molar-refractivity contribution is 0.660. The van der Waals surface area contributed by atoms with E-state index in [1.54, 1.807) is 0 Å². The molecule has 2 aromatic heterocycles. The zero-order chi connectivity index (χ0) is 42.8. The van der Waals surface area contributed by atoms with Crippen LogP contribution in [0.1, 0.15) is 25.0 Å². The lowest BCUT2D eigenvalue weighted by Gasteiger charge is -2.22. The molecule has 0 amide bonds. The first kappa shape index (κ1) is 38.0. The first-order valence-corrected chi connectivity index (χ1v) is 22.8. The predicted octanol–water partition coefficient (Wildman–Crippen LogP) is 16.8. The summed E-state index contributed by atoms with van der Waals surface area (Å²) in [5, 5.41) is 2.58. The van der Waals surface area contributed by atoms with E-state index in [0.29, 0.717) is 5.82 Å². The second-order valence-electron chi connectivity index (χ2n) is 17.3. The van der Waals surface area contributed by atoms with E-state index in [-0.39, 0.29) is 5.41 Å². The van der Waals surface area contributed by atoms with Crippen LogP contribution >= 0.6 is 11.3 Å². The molecule has 1 aliphatic rings. The van der Waals surface area contributed by atoms with Crippen molar-refractivity contribution >= 4 is 31.5 Å². The summed E-state index contributed by atoms with van der Waals surface area (Å²) in [5.41, 5.74) is 19.4. The molecule has 302 valence electrons. The minimum absolute atomic E-state index is 0.175. The van der Waals surface area contributed by atoms with Crippen molar-refractivity contribution in [1.82, 2.24) is 9.97 Å². The van der Waals surface area contributed by atoms with Crippen LogP contribution in [0, 0.1) is 0 Å². The average molecular weight is 835 g/mol. The number of aromatic nitrogens is 2. The van der Waals surface area contributed by atoms with Crippen molar-refractivity contribution in [2.45, 2.75) is 19.3 Å². The van der Waals surface area contributed by atoms with Gasteiger partial charge in [-0.15, -0.1) is 11.3 Å². The van der Waals surface area contributed by atoms with Crippen molar-refractivity contribution in [3.05, 3.63) is 230 Å². The van der Waals surface area contributed by atoms with Crippen LogP contribution in [0.25, 0.3) is 110 Å². The monoisotopic (exact) mass is 834 g/mol. The fourth-order valence-corrected chi connectivity index (χ4v) is 11.0. The summed E-state index contributed by atoms with van der Waals surface area (Å²) in [5.74, 6) is 0.694. The van der Waals surface area contributed by atoms with Gasteiger partial charge >= 0.3 is 0 Å². The molecule has 0 N–H and O–H groups in total. The Bertz CT molecular complexity index is 3570. The minimum atomic E-state index is -0.175. The standard InChI is InChI=1S/C61H42N2S/c1-61(2)53-27-16-26-48(40-19-8-4-9-20-40)59(53)51-31-29-43(37-54(51)61)47-23-12-13-24-49(47)56-38-55(62-60(63-56)41-21-10-5-11-22-41)46-34-44(39-17-6-3-7-18-39)33-45(35-46)42-30-32-58-52(36-42)50-25-14-15-28-57(50)64-58/h3-38H,1-2H3. The van der Waals surface area contributed by atoms with Gasteiger partial charge in [0.05, 0.1) is 11.4 Å². The third kappa shape index (κ3) is 6.47. The number of hydrogen-bond donors (Lipinski definition) is 0. The Morgan fingerprint density at radius 3 is 1.70 bits per heavy atom. The molecular weight excluding hydrogens is 793 g/mol. The molecule has 11 aromatic rings. The second-order valence-corrected chi connectivity index (χ2v) is 18.4. The Labute approximate surface area is 377 Å². The molecule has 9 aromatic carbocycles. The zero-order valence-corrected chi connectivity index (χ0v) is 36.4. The van der Waals surface area contributed by atoms with Crippen molar-refractivity contribution in [3.63, 3.8) is 0 Å². The topological polar surface area (TPSA) is 25.8 Å². The van der Waals surface area contributed by atoms with Crippen LogP contribution in [-0.2, 0) is 5.41 Å². The molecular formula is C61H42N2S. The van der Waals surface area contributed by atoms with E-state index in [4.69, 9.17) is 9.97 Å². The van der Waals surface area contributed by atoms with E-state index in [2.05, 4.69) is 226 Å². The lowest BCUT2D eigenvalue weighted by Crippen LogP contribution is -2.15. The fraction of sp³-hybridized carbons (Fsp3) is 0.0492. The normalized spacial score (nSPS) is 12.7. The van der Waals surface area contributed by atoms with Gasteiger partial charge in [-0.2, -0.15) is 0 Å². The van der Waals surface area contributed by atoms with Gasteiger partial charge in [0.1, 0.15) is 0 Å². The maximum Gasteiger partial charge on any atom is 0.160 e. The molecule has 0 unspecified atom stereocenters. The highest BCUT2D eigenvalue weighted by Gasteiger charge is 2.37. The van der Waals surface area contributed by atoms with Crippen LogP contribution in [0.5, 0.6) is 0 Å². The van der Waals surface area contributed by atoms with Crippen molar-refractivity contribution in [2.24, 2.45) is 0 Å². The smallest absolute Gasteiger partial charge is 0.160 e. The third-order valence-corrected chi connectivity index (χ3v) is 14.3. The number of fused-ring (bicyclic) bond motifs is 6. The molecule has 0 saturated heterocycles. The predicted molar refractivity (Wildman–Crippen MR) is 271 cm³/mol. The molecule has 0 radical (unpaired) electrons. The van der Waals surface area contributed by atoms with Crippen LogP contribution in [0.4, 0.5) is 0 Å².